The van der Waals surface area contributed by atoms with Gasteiger partial charge in [-0.1, -0.05) is 30.3 Å². The van der Waals surface area contributed by atoms with Crippen LogP contribution in [-0.2, 0) is 11.3 Å². The number of likely N-dealkylation sites (N-methyl/N-ethyl adjacent to an activating group) is 1. The van der Waals surface area contributed by atoms with E-state index >= 15 is 0 Å². The fourth-order valence-corrected chi connectivity index (χ4v) is 2.61. The molecule has 0 radical (unpaired) electrons. The number of hydrogen-bond donors (Lipinski definition) is 1. The van der Waals surface area contributed by atoms with Crippen molar-refractivity contribution >= 4 is 5.78 Å². The zero-order valence-corrected chi connectivity index (χ0v) is 11.6. The van der Waals surface area contributed by atoms with E-state index in [2.05, 4.69) is 41.1 Å². The molecule has 0 amide bonds. The lowest BCUT2D eigenvalue weighted by atomic mass is 10.0. The molecule has 1 atom stereocenters. The van der Waals surface area contributed by atoms with Crippen LogP contribution in [-0.4, -0.2) is 54.9 Å². The van der Waals surface area contributed by atoms with E-state index in [-0.39, 0.29) is 18.4 Å². The van der Waals surface area contributed by atoms with Gasteiger partial charge in [0.1, 0.15) is 5.78 Å². The topological polar surface area (TPSA) is 49.6 Å². The van der Waals surface area contributed by atoms with E-state index in [1.165, 1.54) is 5.56 Å². The van der Waals surface area contributed by atoms with Crippen LogP contribution in [0.2, 0.25) is 0 Å². The predicted octanol–water partition coefficient (Wildman–Crippen LogP) is 0.721. The van der Waals surface area contributed by atoms with Crippen LogP contribution in [0.4, 0.5) is 0 Å². The molecule has 1 aliphatic heterocycles. The minimum Gasteiger partial charge on any atom is -0.324 e. The van der Waals surface area contributed by atoms with Crippen molar-refractivity contribution in [2.45, 2.75) is 19.0 Å². The van der Waals surface area contributed by atoms with Crippen molar-refractivity contribution in [3.05, 3.63) is 35.9 Å². The number of piperazine rings is 1. The molecule has 1 saturated heterocycles. The first-order chi connectivity index (χ1) is 9.19. The Morgan fingerprint density at radius 1 is 1.32 bits per heavy atom. The highest BCUT2D eigenvalue weighted by molar-refractivity contribution is 5.80. The molecule has 1 aromatic carbocycles. The molecule has 19 heavy (non-hydrogen) atoms. The standard InChI is InChI=1S/C15H23N3O/c1-17-7-8-18(11-13-5-3-2-4-6-13)14(12-17)9-15(19)10-16/h2-6,14H,7-12,16H2,1H3. The van der Waals surface area contributed by atoms with Gasteiger partial charge in [0.05, 0.1) is 6.54 Å². The molecule has 1 unspecified atom stereocenters. The first kappa shape index (κ1) is 14.2. The Balaban J connectivity index is 2.01. The molecule has 0 spiro atoms. The molecule has 4 heteroatoms. The number of rotatable bonds is 5. The summed E-state index contributed by atoms with van der Waals surface area (Å²) in [6.45, 7) is 4.07. The Morgan fingerprint density at radius 2 is 2.05 bits per heavy atom. The number of carbonyl (C=O) groups excluding carboxylic acids is 1. The minimum absolute atomic E-state index is 0.151. The van der Waals surface area contributed by atoms with Gasteiger partial charge in [0.2, 0.25) is 0 Å². The first-order valence-corrected chi connectivity index (χ1v) is 6.87. The third-order valence-electron chi connectivity index (χ3n) is 3.73. The van der Waals surface area contributed by atoms with E-state index in [0.29, 0.717) is 6.42 Å². The van der Waals surface area contributed by atoms with E-state index in [9.17, 15) is 4.79 Å². The van der Waals surface area contributed by atoms with Gasteiger partial charge < -0.3 is 10.6 Å². The highest BCUT2D eigenvalue weighted by Gasteiger charge is 2.26. The normalized spacial score (nSPS) is 21.5. The summed E-state index contributed by atoms with van der Waals surface area (Å²) in [5, 5.41) is 0. The molecule has 4 nitrogen and oxygen atoms in total. The van der Waals surface area contributed by atoms with Gasteiger partial charge in [-0.25, -0.2) is 0 Å². The zero-order chi connectivity index (χ0) is 13.7. The second-order valence-corrected chi connectivity index (χ2v) is 5.32. The Hall–Kier alpha value is -1.23. The number of hydrogen-bond acceptors (Lipinski definition) is 4. The van der Waals surface area contributed by atoms with Crippen LogP contribution in [0.3, 0.4) is 0 Å². The summed E-state index contributed by atoms with van der Waals surface area (Å²) < 4.78 is 0. The van der Waals surface area contributed by atoms with Crippen LogP contribution in [0.5, 0.6) is 0 Å². The van der Waals surface area contributed by atoms with Crippen molar-refractivity contribution in [1.82, 2.24) is 9.80 Å². The Kier molecular flexibility index (Phi) is 5.07. The highest BCUT2D eigenvalue weighted by Crippen LogP contribution is 2.16. The Bertz CT molecular complexity index is 407. The Labute approximate surface area is 115 Å². The lowest BCUT2D eigenvalue weighted by Crippen LogP contribution is -2.52. The molecule has 1 fully saturated rings. The second kappa shape index (κ2) is 6.80. The monoisotopic (exact) mass is 261 g/mol. The summed E-state index contributed by atoms with van der Waals surface area (Å²) in [5.41, 5.74) is 6.74. The molecule has 1 aliphatic rings. The van der Waals surface area contributed by atoms with E-state index in [1.807, 2.05) is 6.07 Å². The second-order valence-electron chi connectivity index (χ2n) is 5.32. The molecule has 2 N–H and O–H groups in total. The molecule has 2 rings (SSSR count). The van der Waals surface area contributed by atoms with Crippen molar-refractivity contribution in [3.8, 4) is 0 Å². The molecule has 1 aromatic rings. The summed E-state index contributed by atoms with van der Waals surface area (Å²) in [6, 6.07) is 10.7. The molecular weight excluding hydrogens is 238 g/mol. The zero-order valence-electron chi connectivity index (χ0n) is 11.6. The molecule has 0 bridgehead atoms. The maximum absolute atomic E-state index is 11.6. The maximum atomic E-state index is 11.6. The first-order valence-electron chi connectivity index (χ1n) is 6.87. The van der Waals surface area contributed by atoms with Crippen molar-refractivity contribution in [2.75, 3.05) is 33.2 Å². The summed E-state index contributed by atoms with van der Waals surface area (Å²) in [7, 11) is 2.11. The molecular formula is C15H23N3O. The van der Waals surface area contributed by atoms with Gasteiger partial charge in [-0.15, -0.1) is 0 Å². The molecule has 0 aromatic heterocycles. The van der Waals surface area contributed by atoms with E-state index in [0.717, 1.165) is 26.2 Å². The lowest BCUT2D eigenvalue weighted by Gasteiger charge is -2.39. The summed E-state index contributed by atoms with van der Waals surface area (Å²) in [5.74, 6) is 0.151. The molecule has 104 valence electrons. The number of carbonyl (C=O) groups is 1. The van der Waals surface area contributed by atoms with E-state index in [4.69, 9.17) is 5.73 Å². The summed E-state index contributed by atoms with van der Waals surface area (Å²) in [4.78, 5) is 16.3. The molecule has 0 saturated carbocycles. The van der Waals surface area contributed by atoms with Gasteiger partial charge in [0, 0.05) is 38.6 Å². The summed E-state index contributed by atoms with van der Waals surface area (Å²) in [6.07, 6.45) is 0.563. The average Bonchev–Trinajstić information content (AvgIpc) is 2.43. The van der Waals surface area contributed by atoms with Crippen LogP contribution < -0.4 is 5.73 Å². The number of benzene rings is 1. The van der Waals surface area contributed by atoms with Crippen molar-refractivity contribution in [3.63, 3.8) is 0 Å². The Morgan fingerprint density at radius 3 is 2.74 bits per heavy atom. The van der Waals surface area contributed by atoms with Crippen LogP contribution >= 0.6 is 0 Å². The lowest BCUT2D eigenvalue weighted by molar-refractivity contribution is -0.119. The van der Waals surface area contributed by atoms with Crippen molar-refractivity contribution in [1.29, 1.82) is 0 Å². The third-order valence-corrected chi connectivity index (χ3v) is 3.73. The molecule has 0 aliphatic carbocycles. The quantitative estimate of drug-likeness (QED) is 0.848. The van der Waals surface area contributed by atoms with Gasteiger partial charge in [-0.2, -0.15) is 0 Å². The van der Waals surface area contributed by atoms with E-state index < -0.39 is 0 Å². The maximum Gasteiger partial charge on any atom is 0.148 e. The number of ketones is 1. The van der Waals surface area contributed by atoms with Crippen LogP contribution in [0, 0.1) is 0 Å². The van der Waals surface area contributed by atoms with E-state index in [1.54, 1.807) is 0 Å². The smallest absolute Gasteiger partial charge is 0.148 e. The SMILES string of the molecule is CN1CCN(Cc2ccccc2)C(CC(=O)CN)C1. The molecule has 1 heterocycles. The minimum atomic E-state index is 0.151. The van der Waals surface area contributed by atoms with Crippen LogP contribution in [0.25, 0.3) is 0 Å². The largest absolute Gasteiger partial charge is 0.324 e. The van der Waals surface area contributed by atoms with Crippen molar-refractivity contribution in [2.24, 2.45) is 5.73 Å². The van der Waals surface area contributed by atoms with Crippen molar-refractivity contribution < 1.29 is 4.79 Å². The number of Topliss-reactive ketones (excluding diaryl/α,β-unsaturated/α-hetero) is 1. The van der Waals surface area contributed by atoms with Gasteiger partial charge in [0.25, 0.3) is 0 Å². The van der Waals surface area contributed by atoms with Gasteiger partial charge in [0.15, 0.2) is 0 Å². The fourth-order valence-electron chi connectivity index (χ4n) is 2.61. The summed E-state index contributed by atoms with van der Waals surface area (Å²) >= 11 is 0. The van der Waals surface area contributed by atoms with Gasteiger partial charge >= 0.3 is 0 Å². The fraction of sp³-hybridized carbons (Fsp3) is 0.533. The highest BCUT2D eigenvalue weighted by atomic mass is 16.1. The average molecular weight is 261 g/mol. The third kappa shape index (κ3) is 4.13. The number of nitrogens with zero attached hydrogens (tertiary/aromatic N) is 2. The van der Waals surface area contributed by atoms with Crippen LogP contribution in [0.1, 0.15) is 12.0 Å². The number of nitrogens with two attached hydrogens (primary N) is 1. The predicted molar refractivity (Wildman–Crippen MR) is 76.8 cm³/mol. The van der Waals surface area contributed by atoms with Crippen LogP contribution in [0.15, 0.2) is 30.3 Å². The van der Waals surface area contributed by atoms with Gasteiger partial charge in [-0.05, 0) is 12.6 Å². The van der Waals surface area contributed by atoms with Gasteiger partial charge in [-0.3, -0.25) is 9.69 Å².